The molecular formula is C18H19FN4O2. The summed E-state index contributed by atoms with van der Waals surface area (Å²) >= 11 is 0. The lowest BCUT2D eigenvalue weighted by atomic mass is 10.1. The first kappa shape index (κ1) is 17.0. The molecule has 0 radical (unpaired) electrons. The van der Waals surface area contributed by atoms with Gasteiger partial charge >= 0.3 is 0 Å². The van der Waals surface area contributed by atoms with Crippen molar-refractivity contribution in [3.63, 3.8) is 0 Å². The first-order valence-electron chi connectivity index (χ1n) is 7.87. The summed E-state index contributed by atoms with van der Waals surface area (Å²) in [5.41, 5.74) is 2.33. The van der Waals surface area contributed by atoms with Crippen LogP contribution >= 0.6 is 0 Å². The van der Waals surface area contributed by atoms with Crippen molar-refractivity contribution in [3.8, 4) is 11.3 Å². The van der Waals surface area contributed by atoms with Gasteiger partial charge in [0, 0.05) is 30.5 Å². The Balaban J connectivity index is 1.90. The van der Waals surface area contributed by atoms with E-state index in [-0.39, 0.29) is 17.4 Å². The zero-order valence-electron chi connectivity index (χ0n) is 14.3. The summed E-state index contributed by atoms with van der Waals surface area (Å²) in [4.78, 5) is 18.5. The van der Waals surface area contributed by atoms with Crippen LogP contribution in [-0.2, 0) is 11.3 Å². The number of hydrogen-bond donors (Lipinski definition) is 1. The van der Waals surface area contributed by atoms with E-state index in [1.54, 1.807) is 37.2 Å². The van der Waals surface area contributed by atoms with Crippen molar-refractivity contribution in [1.82, 2.24) is 19.7 Å². The van der Waals surface area contributed by atoms with Crippen LogP contribution in [0.5, 0.6) is 0 Å². The Morgan fingerprint density at radius 1 is 1.36 bits per heavy atom. The third-order valence-corrected chi connectivity index (χ3v) is 3.98. The van der Waals surface area contributed by atoms with E-state index < -0.39 is 0 Å². The number of benzene rings is 1. The highest BCUT2D eigenvalue weighted by Crippen LogP contribution is 2.24. The maximum atomic E-state index is 14.4. The van der Waals surface area contributed by atoms with Crippen LogP contribution in [0, 0.1) is 12.7 Å². The second-order valence-corrected chi connectivity index (χ2v) is 5.89. The van der Waals surface area contributed by atoms with Gasteiger partial charge in [-0.25, -0.2) is 9.37 Å². The third-order valence-electron chi connectivity index (χ3n) is 3.98. The molecule has 130 valence electrons. The number of halogens is 1. The average Bonchev–Trinajstić information content (AvgIpc) is 3.04. The molecule has 25 heavy (non-hydrogen) atoms. The van der Waals surface area contributed by atoms with E-state index in [2.05, 4.69) is 15.1 Å². The quantitative estimate of drug-likeness (QED) is 0.774. The minimum absolute atomic E-state index is 0.219. The molecular weight excluding hydrogens is 323 g/mol. The number of aromatic amines is 1. The molecule has 0 fully saturated rings. The standard InChI is InChI=1S/C18H19FN4O2/c1-11(15-5-4-13(10-25-3)6-16(15)19)23-9-14(8-20-23)17-7-18(24)22-12(2)21-17/h4-9,11H,10H2,1-3H3,(H,21,22,24). The Morgan fingerprint density at radius 2 is 2.16 bits per heavy atom. The minimum atomic E-state index is -0.302. The number of H-pyrrole nitrogens is 1. The zero-order chi connectivity index (χ0) is 18.0. The zero-order valence-corrected chi connectivity index (χ0v) is 14.3. The van der Waals surface area contributed by atoms with Gasteiger partial charge in [0.2, 0.25) is 0 Å². The maximum Gasteiger partial charge on any atom is 0.251 e. The molecule has 2 heterocycles. The molecule has 7 heteroatoms. The summed E-state index contributed by atoms with van der Waals surface area (Å²) in [5, 5.41) is 4.30. The average molecular weight is 342 g/mol. The molecule has 0 aliphatic heterocycles. The lowest BCUT2D eigenvalue weighted by molar-refractivity contribution is 0.184. The van der Waals surface area contributed by atoms with Crippen molar-refractivity contribution >= 4 is 0 Å². The highest BCUT2D eigenvalue weighted by Gasteiger charge is 2.15. The highest BCUT2D eigenvalue weighted by molar-refractivity contribution is 5.56. The number of rotatable bonds is 5. The number of hydrogen-bond acceptors (Lipinski definition) is 4. The SMILES string of the molecule is COCc1ccc(C(C)n2cc(-c3cc(=O)[nH]c(C)n3)cn2)c(F)c1. The summed E-state index contributed by atoms with van der Waals surface area (Å²) in [6.07, 6.45) is 3.38. The third kappa shape index (κ3) is 3.66. The Bertz CT molecular complexity index is 948. The molecule has 3 rings (SSSR count). The smallest absolute Gasteiger partial charge is 0.251 e. The summed E-state index contributed by atoms with van der Waals surface area (Å²) in [6, 6.07) is 6.17. The van der Waals surface area contributed by atoms with E-state index >= 15 is 0 Å². The van der Waals surface area contributed by atoms with Crippen LogP contribution in [0.4, 0.5) is 4.39 Å². The summed E-state index contributed by atoms with van der Waals surface area (Å²) < 4.78 is 21.1. The van der Waals surface area contributed by atoms with Gasteiger partial charge in [0.25, 0.3) is 5.56 Å². The van der Waals surface area contributed by atoms with Gasteiger partial charge in [-0.05, 0) is 25.5 Å². The fourth-order valence-corrected chi connectivity index (χ4v) is 2.72. The van der Waals surface area contributed by atoms with Crippen molar-refractivity contribution in [3.05, 3.63) is 69.8 Å². The Kier molecular flexibility index (Phi) is 4.76. The number of aromatic nitrogens is 4. The van der Waals surface area contributed by atoms with Crippen molar-refractivity contribution in [2.45, 2.75) is 26.5 Å². The van der Waals surface area contributed by atoms with Gasteiger partial charge in [-0.2, -0.15) is 5.10 Å². The van der Waals surface area contributed by atoms with Gasteiger partial charge in [0.15, 0.2) is 0 Å². The van der Waals surface area contributed by atoms with E-state index in [1.165, 1.54) is 12.1 Å². The van der Waals surface area contributed by atoms with E-state index in [9.17, 15) is 9.18 Å². The van der Waals surface area contributed by atoms with E-state index in [4.69, 9.17) is 4.74 Å². The molecule has 6 nitrogen and oxygen atoms in total. The largest absolute Gasteiger partial charge is 0.380 e. The minimum Gasteiger partial charge on any atom is -0.380 e. The van der Waals surface area contributed by atoms with Crippen LogP contribution in [0.25, 0.3) is 11.3 Å². The molecule has 0 aliphatic carbocycles. The van der Waals surface area contributed by atoms with Crippen molar-refractivity contribution in [2.24, 2.45) is 0 Å². The molecule has 0 spiro atoms. The van der Waals surface area contributed by atoms with E-state index in [0.717, 1.165) is 5.56 Å². The molecule has 0 bridgehead atoms. The summed E-state index contributed by atoms with van der Waals surface area (Å²) in [5.74, 6) is 0.229. The summed E-state index contributed by atoms with van der Waals surface area (Å²) in [7, 11) is 1.57. The number of methoxy groups -OCH3 is 1. The van der Waals surface area contributed by atoms with E-state index in [0.29, 0.717) is 29.3 Å². The fourth-order valence-electron chi connectivity index (χ4n) is 2.72. The van der Waals surface area contributed by atoms with Gasteiger partial charge < -0.3 is 9.72 Å². The van der Waals surface area contributed by atoms with Gasteiger partial charge in [-0.3, -0.25) is 9.48 Å². The monoisotopic (exact) mass is 342 g/mol. The molecule has 3 aromatic rings. The van der Waals surface area contributed by atoms with Crippen LogP contribution in [-0.4, -0.2) is 26.9 Å². The van der Waals surface area contributed by atoms with Crippen LogP contribution in [0.15, 0.2) is 41.5 Å². The number of aryl methyl sites for hydroxylation is 1. The predicted octanol–water partition coefficient (Wildman–Crippen LogP) is 2.84. The second kappa shape index (κ2) is 6.98. The van der Waals surface area contributed by atoms with E-state index in [1.807, 2.05) is 13.0 Å². The topological polar surface area (TPSA) is 72.8 Å². The first-order valence-corrected chi connectivity index (χ1v) is 7.87. The summed E-state index contributed by atoms with van der Waals surface area (Å²) in [6.45, 7) is 3.95. The van der Waals surface area contributed by atoms with Crippen LogP contribution in [0.2, 0.25) is 0 Å². The van der Waals surface area contributed by atoms with Gasteiger partial charge in [0.05, 0.1) is 24.5 Å². The second-order valence-electron chi connectivity index (χ2n) is 5.89. The molecule has 0 amide bonds. The van der Waals surface area contributed by atoms with Crippen molar-refractivity contribution in [2.75, 3.05) is 7.11 Å². The van der Waals surface area contributed by atoms with Crippen molar-refractivity contribution < 1.29 is 9.13 Å². The highest BCUT2D eigenvalue weighted by atomic mass is 19.1. The Hall–Kier alpha value is -2.80. The number of nitrogens with zero attached hydrogens (tertiary/aromatic N) is 3. The normalized spacial score (nSPS) is 12.3. The van der Waals surface area contributed by atoms with Crippen LogP contribution in [0.3, 0.4) is 0 Å². The number of nitrogens with one attached hydrogen (secondary N) is 1. The van der Waals surface area contributed by atoms with Gasteiger partial charge in [-0.15, -0.1) is 0 Å². The Labute approximate surface area is 144 Å². The van der Waals surface area contributed by atoms with Crippen LogP contribution in [0.1, 0.15) is 29.9 Å². The molecule has 0 saturated heterocycles. The molecule has 1 aromatic carbocycles. The maximum absolute atomic E-state index is 14.4. The van der Waals surface area contributed by atoms with Crippen molar-refractivity contribution in [1.29, 1.82) is 0 Å². The van der Waals surface area contributed by atoms with Gasteiger partial charge in [-0.1, -0.05) is 12.1 Å². The van der Waals surface area contributed by atoms with Crippen LogP contribution < -0.4 is 5.56 Å². The molecule has 1 atom stereocenters. The predicted molar refractivity (Wildman–Crippen MR) is 91.7 cm³/mol. The molecule has 2 aromatic heterocycles. The first-order chi connectivity index (χ1) is 12.0. The lowest BCUT2D eigenvalue weighted by Gasteiger charge is -2.14. The lowest BCUT2D eigenvalue weighted by Crippen LogP contribution is -2.10. The number of ether oxygens (including phenoxy) is 1. The van der Waals surface area contributed by atoms with Gasteiger partial charge in [0.1, 0.15) is 11.6 Å². The molecule has 1 unspecified atom stereocenters. The molecule has 0 saturated carbocycles. The molecule has 1 N–H and O–H groups in total. The fraction of sp³-hybridized carbons (Fsp3) is 0.278. The molecule has 0 aliphatic rings. The Morgan fingerprint density at radius 3 is 2.84 bits per heavy atom.